The van der Waals surface area contributed by atoms with Crippen molar-refractivity contribution in [1.29, 1.82) is 0 Å². The second-order valence-corrected chi connectivity index (χ2v) is 6.75. The third-order valence-corrected chi connectivity index (χ3v) is 4.47. The first-order chi connectivity index (χ1) is 9.97. The van der Waals surface area contributed by atoms with Crippen molar-refractivity contribution in [3.8, 4) is 0 Å². The highest BCUT2D eigenvalue weighted by Crippen LogP contribution is 2.23. The Morgan fingerprint density at radius 2 is 2.29 bits per heavy atom. The van der Waals surface area contributed by atoms with Crippen molar-refractivity contribution >= 4 is 17.4 Å². The van der Waals surface area contributed by atoms with Gasteiger partial charge in [0, 0.05) is 38.4 Å². The minimum atomic E-state index is 0.447. The van der Waals surface area contributed by atoms with Crippen molar-refractivity contribution in [1.82, 2.24) is 15.2 Å². The van der Waals surface area contributed by atoms with E-state index in [4.69, 9.17) is 11.6 Å². The van der Waals surface area contributed by atoms with Crippen LogP contribution >= 0.6 is 11.6 Å². The summed E-state index contributed by atoms with van der Waals surface area (Å²) in [5, 5.41) is 4.15. The zero-order valence-corrected chi connectivity index (χ0v) is 14.3. The summed E-state index contributed by atoms with van der Waals surface area (Å²) in [4.78, 5) is 9.20. The van der Waals surface area contributed by atoms with E-state index in [1.807, 2.05) is 0 Å². The smallest absolute Gasteiger partial charge is 0.128 e. The Balaban J connectivity index is 2.09. The van der Waals surface area contributed by atoms with Crippen LogP contribution in [0, 0.1) is 0 Å². The maximum absolute atomic E-state index is 6.26. The van der Waals surface area contributed by atoms with E-state index in [-0.39, 0.29) is 0 Å². The predicted octanol–water partition coefficient (Wildman–Crippen LogP) is 2.76. The second kappa shape index (κ2) is 7.43. The first-order valence-electron chi connectivity index (χ1n) is 7.76. The van der Waals surface area contributed by atoms with Crippen LogP contribution in [0.2, 0.25) is 5.02 Å². The van der Waals surface area contributed by atoms with Crippen LogP contribution in [0.1, 0.15) is 32.3 Å². The number of likely N-dealkylation sites (tertiary alicyclic amines) is 1. The van der Waals surface area contributed by atoms with Gasteiger partial charge in [-0.25, -0.2) is 4.98 Å². The van der Waals surface area contributed by atoms with E-state index in [1.165, 1.54) is 19.4 Å². The number of halogens is 1. The van der Waals surface area contributed by atoms with Crippen LogP contribution in [-0.2, 0) is 6.54 Å². The molecule has 21 heavy (non-hydrogen) atoms. The highest BCUT2D eigenvalue weighted by atomic mass is 35.5. The van der Waals surface area contributed by atoms with Crippen LogP contribution < -0.4 is 10.2 Å². The third-order valence-electron chi connectivity index (χ3n) is 4.13. The van der Waals surface area contributed by atoms with E-state index in [1.54, 1.807) is 6.20 Å². The first kappa shape index (κ1) is 16.5. The van der Waals surface area contributed by atoms with E-state index >= 15 is 0 Å². The van der Waals surface area contributed by atoms with Crippen molar-refractivity contribution in [2.75, 3.05) is 32.1 Å². The number of nitrogens with one attached hydrogen (secondary N) is 1. The van der Waals surface area contributed by atoms with E-state index < -0.39 is 0 Å². The first-order valence-corrected chi connectivity index (χ1v) is 8.14. The molecule has 1 unspecified atom stereocenters. The molecule has 2 rings (SSSR count). The Hall–Kier alpha value is -0.840. The fraction of sp³-hybridized carbons (Fsp3) is 0.688. The number of piperidine rings is 1. The van der Waals surface area contributed by atoms with Gasteiger partial charge in [0.25, 0.3) is 0 Å². The Bertz CT molecular complexity index is 464. The second-order valence-electron chi connectivity index (χ2n) is 6.34. The van der Waals surface area contributed by atoms with Crippen LogP contribution in [0.3, 0.4) is 0 Å². The lowest BCUT2D eigenvalue weighted by molar-refractivity contribution is 0.247. The van der Waals surface area contributed by atoms with Crippen molar-refractivity contribution in [2.45, 2.75) is 45.3 Å². The molecule has 4 nitrogen and oxygen atoms in total. The van der Waals surface area contributed by atoms with Crippen LogP contribution in [0.5, 0.6) is 0 Å². The van der Waals surface area contributed by atoms with Gasteiger partial charge in [0.15, 0.2) is 0 Å². The average Bonchev–Trinajstić information content (AvgIpc) is 2.45. The van der Waals surface area contributed by atoms with Gasteiger partial charge in [0.05, 0.1) is 5.02 Å². The molecule has 0 bridgehead atoms. The molecule has 0 amide bonds. The lowest BCUT2D eigenvalue weighted by Gasteiger charge is -2.36. The highest BCUT2D eigenvalue weighted by molar-refractivity contribution is 6.31. The minimum Gasteiger partial charge on any atom is -0.355 e. The lowest BCUT2D eigenvalue weighted by atomic mass is 10.0. The number of hydrogen-bond donors (Lipinski definition) is 1. The van der Waals surface area contributed by atoms with Gasteiger partial charge >= 0.3 is 0 Å². The van der Waals surface area contributed by atoms with Crippen LogP contribution in [0.25, 0.3) is 0 Å². The topological polar surface area (TPSA) is 31.4 Å². The summed E-state index contributed by atoms with van der Waals surface area (Å²) in [6.45, 7) is 7.35. The zero-order valence-electron chi connectivity index (χ0n) is 13.6. The number of likely N-dealkylation sites (N-methyl/N-ethyl adjacent to an activating group) is 2. The predicted molar refractivity (Wildman–Crippen MR) is 90.1 cm³/mol. The molecule has 0 aromatic carbocycles. The fourth-order valence-corrected chi connectivity index (χ4v) is 2.92. The molecule has 1 aliphatic heterocycles. The Kier molecular flexibility index (Phi) is 5.85. The Morgan fingerprint density at radius 1 is 1.52 bits per heavy atom. The Labute approximate surface area is 133 Å². The summed E-state index contributed by atoms with van der Waals surface area (Å²) in [6, 6.07) is 3.09. The summed E-state index contributed by atoms with van der Waals surface area (Å²) in [5.41, 5.74) is 1.12. The number of nitrogens with zero attached hydrogens (tertiary/aromatic N) is 3. The molecule has 0 spiro atoms. The number of aromatic nitrogens is 1. The summed E-state index contributed by atoms with van der Waals surface area (Å²) >= 11 is 6.26. The molecule has 118 valence electrons. The molecule has 1 N–H and O–H groups in total. The van der Waals surface area contributed by atoms with Gasteiger partial charge < -0.3 is 15.1 Å². The molecular weight excluding hydrogens is 284 g/mol. The monoisotopic (exact) mass is 310 g/mol. The van der Waals surface area contributed by atoms with Crippen molar-refractivity contribution in [2.24, 2.45) is 0 Å². The SMILES string of the molecule is CC(C)NCc1cc(N(C)C2CCCN(C)C2)ncc1Cl. The summed E-state index contributed by atoms with van der Waals surface area (Å²) in [6.07, 6.45) is 4.25. The molecule has 1 aliphatic rings. The van der Waals surface area contributed by atoms with E-state index in [9.17, 15) is 0 Å². The number of rotatable bonds is 5. The van der Waals surface area contributed by atoms with Crippen LogP contribution in [0.15, 0.2) is 12.3 Å². The largest absolute Gasteiger partial charge is 0.355 e. The van der Waals surface area contributed by atoms with Crippen LogP contribution in [-0.4, -0.2) is 49.2 Å². The van der Waals surface area contributed by atoms with Crippen LogP contribution in [0.4, 0.5) is 5.82 Å². The molecule has 0 saturated carbocycles. The molecule has 1 fully saturated rings. The number of anilines is 1. The molecule has 0 radical (unpaired) electrons. The van der Waals surface area contributed by atoms with E-state index in [0.29, 0.717) is 12.1 Å². The molecule has 5 heteroatoms. The Morgan fingerprint density at radius 3 is 2.95 bits per heavy atom. The van der Waals surface area contributed by atoms with Gasteiger partial charge in [0.1, 0.15) is 5.82 Å². The maximum Gasteiger partial charge on any atom is 0.128 e. The standard InChI is InChI=1S/C16H27ClN4/c1-12(2)18-9-13-8-16(19-10-15(13)17)21(4)14-6-5-7-20(3)11-14/h8,10,12,14,18H,5-7,9,11H2,1-4H3. The van der Waals surface area contributed by atoms with Crippen molar-refractivity contribution in [3.63, 3.8) is 0 Å². The quantitative estimate of drug-likeness (QED) is 0.906. The normalized spacial score (nSPS) is 20.0. The van der Waals surface area contributed by atoms with Gasteiger partial charge in [-0.3, -0.25) is 0 Å². The summed E-state index contributed by atoms with van der Waals surface area (Å²) < 4.78 is 0. The van der Waals surface area contributed by atoms with E-state index in [2.05, 4.69) is 54.1 Å². The van der Waals surface area contributed by atoms with E-state index in [0.717, 1.165) is 29.5 Å². The van der Waals surface area contributed by atoms with Gasteiger partial charge in [-0.2, -0.15) is 0 Å². The molecule has 1 aromatic heterocycles. The minimum absolute atomic E-state index is 0.447. The molecule has 2 heterocycles. The van der Waals surface area contributed by atoms with Gasteiger partial charge in [-0.15, -0.1) is 0 Å². The molecule has 1 atom stereocenters. The molecular formula is C16H27ClN4. The fourth-order valence-electron chi connectivity index (χ4n) is 2.75. The van der Waals surface area contributed by atoms with Crippen molar-refractivity contribution < 1.29 is 0 Å². The molecule has 1 saturated heterocycles. The highest BCUT2D eigenvalue weighted by Gasteiger charge is 2.22. The third kappa shape index (κ3) is 4.56. The summed E-state index contributed by atoms with van der Waals surface area (Å²) in [7, 11) is 4.33. The average molecular weight is 311 g/mol. The number of pyridine rings is 1. The zero-order chi connectivity index (χ0) is 15.4. The number of hydrogen-bond acceptors (Lipinski definition) is 4. The van der Waals surface area contributed by atoms with Crippen molar-refractivity contribution in [3.05, 3.63) is 22.8 Å². The maximum atomic E-state index is 6.26. The van der Waals surface area contributed by atoms with Gasteiger partial charge in [-0.05, 0) is 38.1 Å². The summed E-state index contributed by atoms with van der Waals surface area (Å²) in [5.74, 6) is 1.01. The lowest BCUT2D eigenvalue weighted by Crippen LogP contribution is -2.45. The molecule has 1 aromatic rings. The molecule has 0 aliphatic carbocycles. The van der Waals surface area contributed by atoms with Gasteiger partial charge in [-0.1, -0.05) is 25.4 Å². The van der Waals surface area contributed by atoms with Gasteiger partial charge in [0.2, 0.25) is 0 Å².